The summed E-state index contributed by atoms with van der Waals surface area (Å²) in [6, 6.07) is 27.3. The van der Waals surface area contributed by atoms with E-state index in [1.54, 1.807) is 7.11 Å². The molecule has 3 aromatic carbocycles. The van der Waals surface area contributed by atoms with Gasteiger partial charge in [0.15, 0.2) is 0 Å². The van der Waals surface area contributed by atoms with E-state index in [9.17, 15) is 10.2 Å². The molecule has 0 radical (unpaired) electrons. The van der Waals surface area contributed by atoms with Gasteiger partial charge in [-0.1, -0.05) is 60.7 Å². The lowest BCUT2D eigenvalue weighted by Crippen LogP contribution is -2.46. The van der Waals surface area contributed by atoms with Gasteiger partial charge in [0.05, 0.1) is 7.11 Å². The topological polar surface area (TPSA) is 62.2 Å². The van der Waals surface area contributed by atoms with E-state index in [2.05, 4.69) is 4.90 Å². The number of aliphatic hydroxyl groups excluding tert-OH is 1. The van der Waals surface area contributed by atoms with Crippen molar-refractivity contribution in [3.63, 3.8) is 0 Å². The molecule has 1 heterocycles. The molecule has 0 unspecified atom stereocenters. The van der Waals surface area contributed by atoms with Crippen LogP contribution in [0.15, 0.2) is 84.9 Å². The summed E-state index contributed by atoms with van der Waals surface area (Å²) < 4.78 is 10.9. The molecule has 1 atom stereocenters. The van der Waals surface area contributed by atoms with E-state index in [4.69, 9.17) is 9.47 Å². The van der Waals surface area contributed by atoms with Crippen LogP contribution in [0.3, 0.4) is 0 Å². The second-order valence-corrected chi connectivity index (χ2v) is 8.71. The minimum absolute atomic E-state index is 0.103. The summed E-state index contributed by atoms with van der Waals surface area (Å²) in [5.74, 6) is 1.59. The van der Waals surface area contributed by atoms with Crippen molar-refractivity contribution < 1.29 is 19.7 Å². The first-order valence-electron chi connectivity index (χ1n) is 11.6. The molecule has 1 fully saturated rings. The molecule has 5 heteroatoms. The van der Waals surface area contributed by atoms with E-state index in [0.717, 1.165) is 42.8 Å². The number of β-amino-alcohol motifs (C(OH)–C–C–N with tert-alkyl or cyclic N) is 1. The van der Waals surface area contributed by atoms with Crippen LogP contribution >= 0.6 is 0 Å². The zero-order chi connectivity index (χ0) is 23.1. The molecule has 4 rings (SSSR count). The fourth-order valence-electron chi connectivity index (χ4n) is 4.77. The van der Waals surface area contributed by atoms with Crippen LogP contribution in [0.4, 0.5) is 0 Å². The molecule has 0 amide bonds. The van der Waals surface area contributed by atoms with Gasteiger partial charge in [-0.3, -0.25) is 0 Å². The fourth-order valence-corrected chi connectivity index (χ4v) is 4.77. The second kappa shape index (κ2) is 10.8. The second-order valence-electron chi connectivity index (χ2n) is 8.71. The molecule has 1 aliphatic heterocycles. The lowest BCUT2D eigenvalue weighted by Gasteiger charge is -2.42. The third-order valence-electron chi connectivity index (χ3n) is 6.58. The first-order chi connectivity index (χ1) is 16.1. The Labute approximate surface area is 196 Å². The van der Waals surface area contributed by atoms with E-state index in [0.29, 0.717) is 12.3 Å². The van der Waals surface area contributed by atoms with E-state index in [-0.39, 0.29) is 12.5 Å². The van der Waals surface area contributed by atoms with E-state index < -0.39 is 11.7 Å². The van der Waals surface area contributed by atoms with Gasteiger partial charge in [-0.15, -0.1) is 0 Å². The van der Waals surface area contributed by atoms with Crippen molar-refractivity contribution >= 4 is 0 Å². The van der Waals surface area contributed by atoms with Crippen LogP contribution in [0.5, 0.6) is 11.5 Å². The number of hydrogen-bond donors (Lipinski definition) is 2. The third-order valence-corrected chi connectivity index (χ3v) is 6.58. The third kappa shape index (κ3) is 5.56. The number of aliphatic hydroxyl groups is 2. The Morgan fingerprint density at radius 1 is 0.848 bits per heavy atom. The highest BCUT2D eigenvalue weighted by Crippen LogP contribution is 2.41. The van der Waals surface area contributed by atoms with Crippen molar-refractivity contribution in [3.8, 4) is 11.5 Å². The van der Waals surface area contributed by atoms with Gasteiger partial charge in [0, 0.05) is 6.54 Å². The van der Waals surface area contributed by atoms with E-state index >= 15 is 0 Å². The zero-order valence-corrected chi connectivity index (χ0v) is 19.1. The van der Waals surface area contributed by atoms with Crippen LogP contribution in [0, 0.1) is 5.92 Å². The summed E-state index contributed by atoms with van der Waals surface area (Å²) in [5, 5.41) is 22.5. The maximum absolute atomic E-state index is 12.0. The average Bonchev–Trinajstić information content (AvgIpc) is 2.89. The van der Waals surface area contributed by atoms with Gasteiger partial charge in [-0.05, 0) is 67.2 Å². The number of rotatable bonds is 9. The van der Waals surface area contributed by atoms with Gasteiger partial charge in [0.2, 0.25) is 0 Å². The summed E-state index contributed by atoms with van der Waals surface area (Å²) in [6.07, 6.45) is 1.13. The van der Waals surface area contributed by atoms with Crippen molar-refractivity contribution in [2.45, 2.75) is 24.5 Å². The molecular weight excluding hydrogens is 414 g/mol. The Kier molecular flexibility index (Phi) is 7.65. The summed E-state index contributed by atoms with van der Waals surface area (Å²) in [5.41, 5.74) is 0.843. The molecule has 0 bridgehead atoms. The van der Waals surface area contributed by atoms with Crippen LogP contribution < -0.4 is 9.47 Å². The number of piperidine rings is 1. The smallest absolute Gasteiger partial charge is 0.119 e. The Morgan fingerprint density at radius 2 is 1.36 bits per heavy atom. The number of ether oxygens (including phenoxy) is 2. The highest BCUT2D eigenvalue weighted by Gasteiger charge is 2.41. The number of hydrogen-bond acceptors (Lipinski definition) is 5. The maximum Gasteiger partial charge on any atom is 0.119 e. The zero-order valence-electron chi connectivity index (χ0n) is 19.1. The lowest BCUT2D eigenvalue weighted by atomic mass is 9.72. The van der Waals surface area contributed by atoms with Gasteiger partial charge >= 0.3 is 0 Å². The van der Waals surface area contributed by atoms with Crippen molar-refractivity contribution in [3.05, 3.63) is 96.1 Å². The SMILES string of the molecule is COc1ccc(OC[C@@H](O)CN2CCC(C(O)(c3ccccc3)c3ccccc3)CC2)cc1. The summed E-state index contributed by atoms with van der Waals surface area (Å²) in [7, 11) is 1.63. The molecule has 2 N–H and O–H groups in total. The number of nitrogens with zero attached hydrogens (tertiary/aromatic N) is 1. The van der Waals surface area contributed by atoms with Gasteiger partial charge in [-0.2, -0.15) is 0 Å². The van der Waals surface area contributed by atoms with Crippen molar-refractivity contribution in [1.82, 2.24) is 4.90 Å². The van der Waals surface area contributed by atoms with Gasteiger partial charge in [-0.25, -0.2) is 0 Å². The highest BCUT2D eigenvalue weighted by molar-refractivity contribution is 5.37. The van der Waals surface area contributed by atoms with Crippen LogP contribution in [0.1, 0.15) is 24.0 Å². The van der Waals surface area contributed by atoms with Crippen LogP contribution in [0.25, 0.3) is 0 Å². The lowest BCUT2D eigenvalue weighted by molar-refractivity contribution is -0.0222. The molecule has 0 spiro atoms. The number of likely N-dealkylation sites (tertiary alicyclic amines) is 1. The monoisotopic (exact) mass is 447 g/mol. The summed E-state index contributed by atoms with van der Waals surface area (Å²) >= 11 is 0. The Balaban J connectivity index is 1.34. The van der Waals surface area contributed by atoms with Gasteiger partial charge < -0.3 is 24.6 Å². The fraction of sp³-hybridized carbons (Fsp3) is 0.357. The van der Waals surface area contributed by atoms with Crippen LogP contribution in [0.2, 0.25) is 0 Å². The molecular formula is C28H33NO4. The van der Waals surface area contributed by atoms with Crippen LogP contribution in [-0.4, -0.2) is 54.6 Å². The average molecular weight is 448 g/mol. The molecule has 1 saturated heterocycles. The maximum atomic E-state index is 12.0. The molecule has 5 nitrogen and oxygen atoms in total. The predicted molar refractivity (Wildman–Crippen MR) is 130 cm³/mol. The predicted octanol–water partition coefficient (Wildman–Crippen LogP) is 4.08. The summed E-state index contributed by atoms with van der Waals surface area (Å²) in [4.78, 5) is 2.26. The number of benzene rings is 3. The molecule has 3 aromatic rings. The normalized spacial score (nSPS) is 16.3. The highest BCUT2D eigenvalue weighted by atomic mass is 16.5. The Morgan fingerprint density at radius 3 is 1.88 bits per heavy atom. The molecule has 33 heavy (non-hydrogen) atoms. The van der Waals surface area contributed by atoms with E-state index in [1.165, 1.54) is 0 Å². The Bertz CT molecular complexity index is 930. The van der Waals surface area contributed by atoms with Crippen molar-refractivity contribution in [2.75, 3.05) is 33.4 Å². The quantitative estimate of drug-likeness (QED) is 0.518. The molecule has 0 aromatic heterocycles. The minimum Gasteiger partial charge on any atom is -0.497 e. The van der Waals surface area contributed by atoms with E-state index in [1.807, 2.05) is 84.9 Å². The first kappa shape index (κ1) is 23.3. The van der Waals surface area contributed by atoms with Gasteiger partial charge in [0.1, 0.15) is 29.8 Å². The van der Waals surface area contributed by atoms with Crippen molar-refractivity contribution in [2.24, 2.45) is 5.92 Å². The standard InChI is InChI=1S/C28H33NO4/c1-32-26-12-14-27(15-13-26)33-21-25(30)20-29-18-16-24(17-19-29)28(31,22-8-4-2-5-9-22)23-10-6-3-7-11-23/h2-15,24-25,30-31H,16-21H2,1H3/t25-/m0/s1. The minimum atomic E-state index is -1.02. The number of methoxy groups -OCH3 is 1. The summed E-state index contributed by atoms with van der Waals surface area (Å²) in [6.45, 7) is 2.45. The molecule has 174 valence electrons. The first-order valence-corrected chi connectivity index (χ1v) is 11.6. The molecule has 1 aliphatic rings. The van der Waals surface area contributed by atoms with Crippen molar-refractivity contribution in [1.29, 1.82) is 0 Å². The Hall–Kier alpha value is -2.86. The van der Waals surface area contributed by atoms with Gasteiger partial charge in [0.25, 0.3) is 0 Å². The molecule has 0 saturated carbocycles. The largest absolute Gasteiger partial charge is 0.497 e. The molecule has 0 aliphatic carbocycles. The van der Waals surface area contributed by atoms with Crippen LogP contribution in [-0.2, 0) is 5.60 Å².